The minimum atomic E-state index is -0.558. The number of urea groups is 1. The highest BCUT2D eigenvalue weighted by atomic mass is 32.1. The van der Waals surface area contributed by atoms with Gasteiger partial charge in [0.15, 0.2) is 0 Å². The number of methoxy groups -OCH3 is 1. The number of halogens is 1. The quantitative estimate of drug-likeness (QED) is 0.531. The van der Waals surface area contributed by atoms with Crippen molar-refractivity contribution in [3.05, 3.63) is 65.3 Å². The van der Waals surface area contributed by atoms with Crippen LogP contribution in [0.15, 0.2) is 54.6 Å². The molecule has 0 fully saturated rings. The Morgan fingerprint density at radius 2 is 1.72 bits per heavy atom. The number of hydrogen-bond acceptors (Lipinski definition) is 5. The summed E-state index contributed by atoms with van der Waals surface area (Å²) in [6.07, 6.45) is 0. The van der Waals surface area contributed by atoms with E-state index in [2.05, 4.69) is 10.6 Å². The molecular formula is C21H19FN2O4S. The van der Waals surface area contributed by atoms with Gasteiger partial charge in [-0.3, -0.25) is 0 Å². The highest BCUT2D eigenvalue weighted by Crippen LogP contribution is 2.36. The Bertz CT molecular complexity index is 1000. The lowest BCUT2D eigenvalue weighted by molar-refractivity contribution is 0.0607. The number of esters is 1. The molecule has 1 aromatic heterocycles. The number of thiophene rings is 1. The molecule has 1 heterocycles. The Labute approximate surface area is 171 Å². The van der Waals surface area contributed by atoms with Crippen molar-refractivity contribution < 1.29 is 23.5 Å². The fourth-order valence-electron chi connectivity index (χ4n) is 2.57. The second kappa shape index (κ2) is 9.20. The molecule has 0 aliphatic carbocycles. The summed E-state index contributed by atoms with van der Waals surface area (Å²) in [5, 5.41) is 5.24. The summed E-state index contributed by atoms with van der Waals surface area (Å²) in [5.41, 5.74) is 1.62. The lowest BCUT2D eigenvalue weighted by Gasteiger charge is -2.07. The van der Waals surface area contributed by atoms with Gasteiger partial charge in [-0.05, 0) is 67.1 Å². The van der Waals surface area contributed by atoms with Crippen LogP contribution in [0.3, 0.4) is 0 Å². The molecule has 0 saturated heterocycles. The summed E-state index contributed by atoms with van der Waals surface area (Å²) in [6, 6.07) is 13.9. The normalized spacial score (nSPS) is 10.3. The predicted molar refractivity (Wildman–Crippen MR) is 111 cm³/mol. The summed E-state index contributed by atoms with van der Waals surface area (Å²) in [6.45, 7) is 2.48. The molecule has 29 heavy (non-hydrogen) atoms. The first-order valence-corrected chi connectivity index (χ1v) is 9.60. The molecule has 2 amide bonds. The van der Waals surface area contributed by atoms with Gasteiger partial charge in [-0.25, -0.2) is 14.0 Å². The number of amides is 2. The molecule has 0 radical (unpaired) electrons. The molecular weight excluding hydrogens is 395 g/mol. The van der Waals surface area contributed by atoms with Crippen molar-refractivity contribution in [3.63, 3.8) is 0 Å². The minimum Gasteiger partial charge on any atom is -0.494 e. The lowest BCUT2D eigenvalue weighted by Crippen LogP contribution is -2.20. The van der Waals surface area contributed by atoms with Crippen LogP contribution in [0.4, 0.5) is 20.6 Å². The van der Waals surface area contributed by atoms with Crippen LogP contribution in [-0.4, -0.2) is 25.7 Å². The number of benzene rings is 2. The van der Waals surface area contributed by atoms with E-state index in [9.17, 15) is 14.0 Å². The van der Waals surface area contributed by atoms with E-state index in [4.69, 9.17) is 9.47 Å². The van der Waals surface area contributed by atoms with E-state index in [0.717, 1.165) is 16.2 Å². The Morgan fingerprint density at radius 3 is 2.34 bits per heavy atom. The third kappa shape index (κ3) is 5.11. The van der Waals surface area contributed by atoms with Crippen LogP contribution in [-0.2, 0) is 4.74 Å². The Hall–Kier alpha value is -3.39. The maximum absolute atomic E-state index is 13.0. The van der Waals surface area contributed by atoms with Gasteiger partial charge in [-0.1, -0.05) is 0 Å². The van der Waals surface area contributed by atoms with Gasteiger partial charge in [0.25, 0.3) is 0 Å². The molecule has 2 N–H and O–H groups in total. The number of carbonyl (C=O) groups is 2. The third-order valence-corrected chi connectivity index (χ3v) is 5.07. The Morgan fingerprint density at radius 1 is 1.03 bits per heavy atom. The standard InChI is InChI=1S/C21H19FN2O4S/c1-3-28-16-10-4-13(5-11-16)18-12-17(19(29-18)20(25)27-2)24-21(26)23-15-8-6-14(22)7-9-15/h4-12H,3H2,1-2H3,(H2,23,24,26). The highest BCUT2D eigenvalue weighted by molar-refractivity contribution is 7.18. The Balaban J connectivity index is 1.82. The van der Waals surface area contributed by atoms with E-state index in [0.29, 0.717) is 18.0 Å². The van der Waals surface area contributed by atoms with Gasteiger partial charge >= 0.3 is 12.0 Å². The van der Waals surface area contributed by atoms with Gasteiger partial charge in [0.2, 0.25) is 0 Å². The third-order valence-electron chi connectivity index (χ3n) is 3.90. The molecule has 2 aromatic carbocycles. The molecule has 3 aromatic rings. The van der Waals surface area contributed by atoms with Crippen LogP contribution >= 0.6 is 11.3 Å². The van der Waals surface area contributed by atoms with Crippen LogP contribution in [0.5, 0.6) is 5.75 Å². The zero-order valence-corrected chi connectivity index (χ0v) is 16.6. The van der Waals surface area contributed by atoms with Crippen molar-refractivity contribution in [2.75, 3.05) is 24.4 Å². The molecule has 150 valence electrons. The van der Waals surface area contributed by atoms with Crippen molar-refractivity contribution in [2.24, 2.45) is 0 Å². The minimum absolute atomic E-state index is 0.269. The van der Waals surface area contributed by atoms with Crippen LogP contribution in [0.1, 0.15) is 16.6 Å². The second-order valence-corrected chi connectivity index (χ2v) is 6.94. The second-order valence-electron chi connectivity index (χ2n) is 5.89. The number of ether oxygens (including phenoxy) is 2. The summed E-state index contributed by atoms with van der Waals surface area (Å²) in [4.78, 5) is 25.5. The van der Waals surface area contributed by atoms with Crippen molar-refractivity contribution >= 4 is 34.7 Å². The van der Waals surface area contributed by atoms with Gasteiger partial charge in [-0.2, -0.15) is 0 Å². The molecule has 0 atom stereocenters. The van der Waals surface area contributed by atoms with Crippen LogP contribution in [0.2, 0.25) is 0 Å². The van der Waals surface area contributed by atoms with Gasteiger partial charge in [0.1, 0.15) is 16.4 Å². The number of nitrogens with one attached hydrogen (secondary N) is 2. The van der Waals surface area contributed by atoms with E-state index in [1.54, 1.807) is 6.07 Å². The molecule has 0 aliphatic rings. The smallest absolute Gasteiger partial charge is 0.350 e. The molecule has 8 heteroatoms. The van der Waals surface area contributed by atoms with Gasteiger partial charge < -0.3 is 20.1 Å². The van der Waals surface area contributed by atoms with Crippen LogP contribution in [0, 0.1) is 5.82 Å². The number of carbonyl (C=O) groups excluding carboxylic acids is 2. The van der Waals surface area contributed by atoms with E-state index >= 15 is 0 Å². The van der Waals surface area contributed by atoms with Crippen molar-refractivity contribution in [2.45, 2.75) is 6.92 Å². The van der Waals surface area contributed by atoms with Crippen molar-refractivity contribution in [3.8, 4) is 16.2 Å². The maximum Gasteiger partial charge on any atom is 0.350 e. The predicted octanol–water partition coefficient (Wildman–Crippen LogP) is 5.38. The van der Waals surface area contributed by atoms with E-state index in [1.807, 2.05) is 31.2 Å². The monoisotopic (exact) mass is 414 g/mol. The molecule has 0 saturated carbocycles. The maximum atomic E-state index is 13.0. The molecule has 0 bridgehead atoms. The lowest BCUT2D eigenvalue weighted by atomic mass is 10.2. The van der Waals surface area contributed by atoms with E-state index in [1.165, 1.54) is 42.7 Å². The summed E-state index contributed by atoms with van der Waals surface area (Å²) in [7, 11) is 1.28. The average Bonchev–Trinajstić information content (AvgIpc) is 3.13. The molecule has 3 rings (SSSR count). The molecule has 0 spiro atoms. The molecule has 6 nitrogen and oxygen atoms in total. The first-order valence-electron chi connectivity index (χ1n) is 8.79. The summed E-state index contributed by atoms with van der Waals surface area (Å²) < 4.78 is 23.3. The van der Waals surface area contributed by atoms with Crippen LogP contribution in [0.25, 0.3) is 10.4 Å². The van der Waals surface area contributed by atoms with Gasteiger partial charge in [0, 0.05) is 10.6 Å². The van der Waals surface area contributed by atoms with Gasteiger partial charge in [-0.15, -0.1) is 11.3 Å². The highest BCUT2D eigenvalue weighted by Gasteiger charge is 2.19. The molecule has 0 aliphatic heterocycles. The van der Waals surface area contributed by atoms with Crippen molar-refractivity contribution in [1.29, 1.82) is 0 Å². The first kappa shape index (κ1) is 20.3. The number of rotatable bonds is 6. The number of anilines is 2. The fourth-order valence-corrected chi connectivity index (χ4v) is 3.61. The van der Waals surface area contributed by atoms with Gasteiger partial charge in [0.05, 0.1) is 19.4 Å². The molecule has 0 unspecified atom stereocenters. The van der Waals surface area contributed by atoms with Crippen LogP contribution < -0.4 is 15.4 Å². The summed E-state index contributed by atoms with van der Waals surface area (Å²) >= 11 is 1.21. The first-order chi connectivity index (χ1) is 14.0. The average molecular weight is 414 g/mol. The number of hydrogen-bond donors (Lipinski definition) is 2. The fraction of sp³-hybridized carbons (Fsp3) is 0.143. The zero-order valence-electron chi connectivity index (χ0n) is 15.8. The summed E-state index contributed by atoms with van der Waals surface area (Å²) in [5.74, 6) is -0.205. The van der Waals surface area contributed by atoms with E-state index in [-0.39, 0.29) is 4.88 Å². The van der Waals surface area contributed by atoms with Crippen molar-refractivity contribution in [1.82, 2.24) is 0 Å². The Kier molecular flexibility index (Phi) is 6.46. The SMILES string of the molecule is CCOc1ccc(-c2cc(NC(=O)Nc3ccc(F)cc3)c(C(=O)OC)s2)cc1. The topological polar surface area (TPSA) is 76.7 Å². The largest absolute Gasteiger partial charge is 0.494 e. The van der Waals surface area contributed by atoms with E-state index < -0.39 is 17.8 Å². The zero-order chi connectivity index (χ0) is 20.8.